The van der Waals surface area contributed by atoms with E-state index in [0.29, 0.717) is 40.3 Å². The number of nitrogens with two attached hydrogens (primary N) is 1. The summed E-state index contributed by atoms with van der Waals surface area (Å²) in [5.74, 6) is -0.126. The summed E-state index contributed by atoms with van der Waals surface area (Å²) in [7, 11) is -19.4. The second kappa shape index (κ2) is 17.0. The van der Waals surface area contributed by atoms with Gasteiger partial charge in [0.2, 0.25) is 5.96 Å². The van der Waals surface area contributed by atoms with E-state index in [4.69, 9.17) is 5.73 Å². The Bertz CT molecular complexity index is 3100. The van der Waals surface area contributed by atoms with Crippen LogP contribution in [0.1, 0.15) is 11.1 Å². The molecule has 9 N–H and O–H groups in total. The third-order valence-corrected chi connectivity index (χ3v) is 11.3. The maximum atomic E-state index is 12.0. The predicted molar refractivity (Wildman–Crippen MR) is 217 cm³/mol. The van der Waals surface area contributed by atoms with Crippen LogP contribution in [-0.4, -0.2) is 63.9 Å². The summed E-state index contributed by atoms with van der Waals surface area (Å²) in [6.45, 7) is 7.16. The zero-order chi connectivity index (χ0) is 44.4. The van der Waals surface area contributed by atoms with Gasteiger partial charge in [0.05, 0.1) is 37.4 Å². The van der Waals surface area contributed by atoms with Gasteiger partial charge in [-0.25, -0.2) is 4.79 Å². The lowest BCUT2D eigenvalue weighted by Crippen LogP contribution is -2.39. The van der Waals surface area contributed by atoms with Gasteiger partial charge in [-0.05, 0) is 109 Å². The minimum Gasteiger partial charge on any atom is -0.351 e. The topological polar surface area (TPSA) is 358 Å². The SMILES string of the molecule is C=C(N=C(NC(N)=O)Nc1ccc(N=Nc2ccc3cc(S(=O)(=O)O)cc(S(=O)(=O)O)c3c2)c(C)c1)Nc1ccc(N=Nc2cc(S(=O)(=O)O)cc(S(=O)(=O)O)c2)c(C)c1. The summed E-state index contributed by atoms with van der Waals surface area (Å²) in [4.78, 5) is 12.9. The van der Waals surface area contributed by atoms with Crippen LogP contribution >= 0.6 is 0 Å². The normalized spacial score (nSPS) is 12.9. The number of primary amides is 1. The molecule has 5 rings (SSSR count). The van der Waals surface area contributed by atoms with Crippen LogP contribution in [0.3, 0.4) is 0 Å². The quantitative estimate of drug-likeness (QED) is 0.0295. The number of anilines is 2. The van der Waals surface area contributed by atoms with E-state index in [2.05, 4.69) is 48.0 Å². The number of carbonyl (C=O) groups excluding carboxylic acids is 1. The van der Waals surface area contributed by atoms with Crippen molar-refractivity contribution in [1.82, 2.24) is 5.32 Å². The van der Waals surface area contributed by atoms with Crippen LogP contribution in [0.4, 0.5) is 38.9 Å². The zero-order valence-electron chi connectivity index (χ0n) is 30.7. The van der Waals surface area contributed by atoms with Gasteiger partial charge in [0.25, 0.3) is 40.5 Å². The Hall–Kier alpha value is -6.52. The van der Waals surface area contributed by atoms with Crippen LogP contribution in [0.25, 0.3) is 10.8 Å². The van der Waals surface area contributed by atoms with Crippen molar-refractivity contribution >= 4 is 97.4 Å². The molecule has 0 heterocycles. The highest BCUT2D eigenvalue weighted by atomic mass is 32.2. The molecule has 314 valence electrons. The second-order valence-electron chi connectivity index (χ2n) is 12.4. The first-order valence-electron chi connectivity index (χ1n) is 16.3. The first-order valence-corrected chi connectivity index (χ1v) is 22.1. The number of guanidine groups is 1. The van der Waals surface area contributed by atoms with Gasteiger partial charge >= 0.3 is 6.03 Å². The minimum absolute atomic E-state index is 0.0173. The molecular formula is C34H31N9O13S4. The fraction of sp³-hybridized carbons (Fsp3) is 0.0588. The summed E-state index contributed by atoms with van der Waals surface area (Å²) in [6, 6.07) is 16.3. The number of hydrogen-bond donors (Lipinski definition) is 8. The number of hydrogen-bond acceptors (Lipinski definition) is 15. The third kappa shape index (κ3) is 11.6. The summed E-state index contributed by atoms with van der Waals surface area (Å²) in [5, 5.41) is 24.3. The molecule has 0 spiro atoms. The molecule has 22 nitrogen and oxygen atoms in total. The van der Waals surface area contributed by atoms with E-state index in [0.717, 1.165) is 18.2 Å². The number of fused-ring (bicyclic) bond motifs is 1. The Kier molecular flexibility index (Phi) is 12.6. The van der Waals surface area contributed by atoms with Crippen molar-refractivity contribution in [3.63, 3.8) is 0 Å². The number of urea groups is 1. The molecule has 0 radical (unpaired) electrons. The Morgan fingerprint density at radius 2 is 1.08 bits per heavy atom. The van der Waals surface area contributed by atoms with Gasteiger partial charge in [0.1, 0.15) is 10.7 Å². The van der Waals surface area contributed by atoms with Crippen molar-refractivity contribution in [3.8, 4) is 0 Å². The molecule has 0 saturated carbocycles. The van der Waals surface area contributed by atoms with E-state index in [1.165, 1.54) is 30.3 Å². The van der Waals surface area contributed by atoms with Gasteiger partial charge in [-0.1, -0.05) is 12.6 Å². The van der Waals surface area contributed by atoms with E-state index in [1.54, 1.807) is 38.1 Å². The monoisotopic (exact) mass is 901 g/mol. The fourth-order valence-electron chi connectivity index (χ4n) is 5.21. The maximum absolute atomic E-state index is 12.0. The number of carbonyl (C=O) groups is 1. The molecule has 5 aromatic carbocycles. The molecule has 0 aromatic heterocycles. The van der Waals surface area contributed by atoms with Gasteiger partial charge in [-0.2, -0.15) is 59.1 Å². The molecule has 0 fully saturated rings. The molecule has 0 atom stereocenters. The van der Waals surface area contributed by atoms with Gasteiger partial charge in [0, 0.05) is 16.8 Å². The number of rotatable bonds is 12. The van der Waals surface area contributed by atoms with Crippen LogP contribution in [0.2, 0.25) is 0 Å². The van der Waals surface area contributed by atoms with E-state index < -0.39 is 66.1 Å². The lowest BCUT2D eigenvalue weighted by Gasteiger charge is -2.13. The molecule has 2 amide bonds. The van der Waals surface area contributed by atoms with Crippen LogP contribution in [0.5, 0.6) is 0 Å². The lowest BCUT2D eigenvalue weighted by atomic mass is 10.1. The second-order valence-corrected chi connectivity index (χ2v) is 18.1. The molecule has 26 heteroatoms. The first-order chi connectivity index (χ1) is 27.8. The average molecular weight is 902 g/mol. The molecule has 0 aliphatic heterocycles. The van der Waals surface area contributed by atoms with Gasteiger partial charge in [-0.15, -0.1) is 0 Å². The highest BCUT2D eigenvalue weighted by Gasteiger charge is 2.21. The Morgan fingerprint density at radius 1 is 0.583 bits per heavy atom. The maximum Gasteiger partial charge on any atom is 0.318 e. The average Bonchev–Trinajstić information content (AvgIpc) is 3.11. The van der Waals surface area contributed by atoms with E-state index in [-0.39, 0.29) is 39.6 Å². The Labute approximate surface area is 341 Å². The Balaban J connectivity index is 1.31. The largest absolute Gasteiger partial charge is 0.351 e. The summed E-state index contributed by atoms with van der Waals surface area (Å²) >= 11 is 0. The van der Waals surface area contributed by atoms with Crippen molar-refractivity contribution in [2.45, 2.75) is 33.4 Å². The Morgan fingerprint density at radius 3 is 1.57 bits per heavy atom. The number of amides is 2. The molecule has 0 aliphatic carbocycles. The number of azo groups is 2. The highest BCUT2D eigenvalue weighted by molar-refractivity contribution is 7.87. The van der Waals surface area contributed by atoms with Crippen molar-refractivity contribution in [2.75, 3.05) is 10.6 Å². The van der Waals surface area contributed by atoms with Crippen molar-refractivity contribution in [1.29, 1.82) is 0 Å². The number of nitrogens with zero attached hydrogens (tertiary/aromatic N) is 5. The van der Waals surface area contributed by atoms with Crippen LogP contribution in [0, 0.1) is 13.8 Å². The minimum atomic E-state index is -4.92. The molecule has 0 saturated heterocycles. The predicted octanol–water partition coefficient (Wildman–Crippen LogP) is 6.29. The molecule has 60 heavy (non-hydrogen) atoms. The third-order valence-electron chi connectivity index (χ3n) is 7.89. The molecular weight excluding hydrogens is 871 g/mol. The number of aliphatic imine (C=N–C) groups is 1. The summed E-state index contributed by atoms with van der Waals surface area (Å²) < 4.78 is 132. The highest BCUT2D eigenvalue weighted by Crippen LogP contribution is 2.33. The van der Waals surface area contributed by atoms with Crippen molar-refractivity contribution in [2.24, 2.45) is 31.2 Å². The van der Waals surface area contributed by atoms with Crippen molar-refractivity contribution < 1.29 is 56.7 Å². The molecule has 5 aromatic rings. The van der Waals surface area contributed by atoms with Crippen LogP contribution < -0.4 is 21.7 Å². The van der Waals surface area contributed by atoms with Gasteiger partial charge < -0.3 is 16.4 Å². The number of aryl methyl sites for hydroxylation is 2. The van der Waals surface area contributed by atoms with Crippen LogP contribution in [-0.2, 0) is 40.5 Å². The van der Waals surface area contributed by atoms with Crippen molar-refractivity contribution in [3.05, 3.63) is 108 Å². The smallest absolute Gasteiger partial charge is 0.318 e. The van der Waals surface area contributed by atoms with E-state index >= 15 is 0 Å². The summed E-state index contributed by atoms with van der Waals surface area (Å²) in [5.41, 5.74) is 7.72. The zero-order valence-corrected chi connectivity index (χ0v) is 34.0. The van der Waals surface area contributed by atoms with E-state index in [9.17, 15) is 56.7 Å². The lowest BCUT2D eigenvalue weighted by molar-refractivity contribution is 0.253. The number of nitrogens with one attached hydrogen (secondary N) is 3. The van der Waals surface area contributed by atoms with Gasteiger partial charge in [-0.3, -0.25) is 23.5 Å². The first kappa shape index (κ1) is 44.6. The van der Waals surface area contributed by atoms with Gasteiger partial charge in [0.15, 0.2) is 0 Å². The van der Waals surface area contributed by atoms with Crippen LogP contribution in [0.15, 0.2) is 142 Å². The number of benzene rings is 5. The molecule has 0 aliphatic rings. The molecule has 0 bridgehead atoms. The standard InChI is InChI=1S/C34H31N9O13S4/c1-18-10-22(6-8-31(18)43-41-25-13-27(58(48,49)50)16-28(14-25)59(51,52)53)36-20(3)37-34(39-33(35)44)38-23-7-9-30(19(2)11-23)42-40-24-5-4-21-12-26(57(45,46)47)17-32(29(21)15-24)60(54,55)56/h4-17,36H,3H2,1-2H3,(H,45,46,47)(H,48,49,50)(H,51,52,53)(H,54,55,56)(H4,35,37,38,39,44). The molecule has 0 unspecified atom stereocenters. The summed E-state index contributed by atoms with van der Waals surface area (Å²) in [6.07, 6.45) is 0. The fourth-order valence-corrected chi connectivity index (χ4v) is 7.72. The van der Waals surface area contributed by atoms with E-state index in [1.807, 2.05) is 0 Å².